The average Bonchev–Trinajstić information content (AvgIpc) is 2.01. The average molecular weight is 194 g/mol. The molecule has 7 heteroatoms. The van der Waals surface area contributed by atoms with Gasteiger partial charge in [0, 0.05) is 0 Å². The monoisotopic (exact) mass is 194 g/mol. The van der Waals surface area contributed by atoms with Gasteiger partial charge in [0.05, 0.1) is 12.5 Å². The molecule has 13 heavy (non-hydrogen) atoms. The fraction of sp³-hybridized carbons (Fsp3) is 0.333. The molecule has 0 aliphatic rings. The topological polar surface area (TPSA) is 55.0 Å². The minimum absolute atomic E-state index is 0.445. The molecule has 1 aromatic rings. The van der Waals surface area contributed by atoms with Crippen LogP contribution in [0.15, 0.2) is 17.3 Å². The van der Waals surface area contributed by atoms with E-state index < -0.39 is 24.1 Å². The molecule has 1 N–H and O–H groups in total. The molecule has 0 aromatic carbocycles. The molecule has 0 spiro atoms. The maximum absolute atomic E-state index is 11.6. The quantitative estimate of drug-likeness (QED) is 0.754. The van der Waals surface area contributed by atoms with E-state index in [9.17, 15) is 18.0 Å². The van der Waals surface area contributed by atoms with Crippen molar-refractivity contribution < 1.29 is 17.9 Å². The van der Waals surface area contributed by atoms with Crippen molar-refractivity contribution in [3.63, 3.8) is 0 Å². The van der Waals surface area contributed by atoms with Gasteiger partial charge in [-0.1, -0.05) is 0 Å². The van der Waals surface area contributed by atoms with E-state index in [0.717, 1.165) is 12.5 Å². The van der Waals surface area contributed by atoms with E-state index in [4.69, 9.17) is 0 Å². The van der Waals surface area contributed by atoms with Gasteiger partial charge in [0.1, 0.15) is 0 Å². The number of halogens is 3. The molecule has 0 atom stereocenters. The number of aromatic nitrogens is 2. The third-order valence-corrected chi connectivity index (χ3v) is 1.08. The molecule has 0 unspecified atom stereocenters. The van der Waals surface area contributed by atoms with Crippen LogP contribution in [-0.2, 0) is 0 Å². The van der Waals surface area contributed by atoms with Gasteiger partial charge in [-0.2, -0.15) is 13.2 Å². The van der Waals surface area contributed by atoms with E-state index in [1.807, 2.05) is 0 Å². The zero-order valence-electron chi connectivity index (χ0n) is 6.26. The second-order valence-corrected chi connectivity index (χ2v) is 2.15. The van der Waals surface area contributed by atoms with Crippen LogP contribution in [0.4, 0.5) is 13.2 Å². The Labute approximate surface area is 70.4 Å². The van der Waals surface area contributed by atoms with Crippen molar-refractivity contribution in [3.05, 3.63) is 22.9 Å². The lowest BCUT2D eigenvalue weighted by Crippen LogP contribution is -2.22. The third kappa shape index (κ3) is 3.14. The third-order valence-electron chi connectivity index (χ3n) is 1.08. The lowest BCUT2D eigenvalue weighted by molar-refractivity contribution is -0.153. The summed E-state index contributed by atoms with van der Waals surface area (Å²) in [5, 5.41) is 0. The summed E-state index contributed by atoms with van der Waals surface area (Å²) in [7, 11) is 0. The summed E-state index contributed by atoms with van der Waals surface area (Å²) in [6.07, 6.45) is -2.48. The van der Waals surface area contributed by atoms with Gasteiger partial charge in [0.25, 0.3) is 5.56 Å². The molecular formula is C6H5F3N2O2. The van der Waals surface area contributed by atoms with E-state index in [1.54, 1.807) is 0 Å². The van der Waals surface area contributed by atoms with Crippen LogP contribution in [0.2, 0.25) is 0 Å². The predicted molar refractivity (Wildman–Crippen MR) is 36.4 cm³/mol. The molecular weight excluding hydrogens is 189 g/mol. The van der Waals surface area contributed by atoms with Crippen molar-refractivity contribution in [1.82, 2.24) is 9.97 Å². The number of aromatic amines is 1. The first-order chi connectivity index (χ1) is 5.99. The maximum atomic E-state index is 11.6. The van der Waals surface area contributed by atoms with Crippen molar-refractivity contribution in [2.24, 2.45) is 0 Å². The van der Waals surface area contributed by atoms with Gasteiger partial charge < -0.3 is 9.72 Å². The number of H-pyrrole nitrogens is 1. The first-order valence-electron chi connectivity index (χ1n) is 3.21. The standard InChI is InChI=1S/C6H5F3N2O2/c7-6(8,9)2-13-4-1-10-3-11-5(4)12/h1,3H,2H2,(H,10,11,12). The van der Waals surface area contributed by atoms with Crippen molar-refractivity contribution >= 4 is 0 Å². The molecule has 1 heterocycles. The van der Waals surface area contributed by atoms with E-state index in [0.29, 0.717) is 0 Å². The van der Waals surface area contributed by atoms with Crippen LogP contribution in [0.3, 0.4) is 0 Å². The largest absolute Gasteiger partial charge is 0.477 e. The minimum atomic E-state index is -4.46. The van der Waals surface area contributed by atoms with Crippen LogP contribution in [-0.4, -0.2) is 22.8 Å². The Balaban J connectivity index is 2.66. The Morgan fingerprint density at radius 2 is 2.23 bits per heavy atom. The summed E-state index contributed by atoms with van der Waals surface area (Å²) in [4.78, 5) is 16.2. The first-order valence-corrected chi connectivity index (χ1v) is 3.21. The number of rotatable bonds is 2. The Bertz CT molecular complexity index is 333. The SMILES string of the molecule is O=c1[nH]cncc1OCC(F)(F)F. The lowest BCUT2D eigenvalue weighted by atomic mass is 10.6. The summed E-state index contributed by atoms with van der Waals surface area (Å²) < 4.78 is 39.0. The van der Waals surface area contributed by atoms with Crippen LogP contribution < -0.4 is 10.3 Å². The van der Waals surface area contributed by atoms with E-state index in [1.165, 1.54) is 0 Å². The highest BCUT2D eigenvalue weighted by Crippen LogP contribution is 2.15. The summed E-state index contributed by atoms with van der Waals surface area (Å²) >= 11 is 0. The van der Waals surface area contributed by atoms with Gasteiger partial charge >= 0.3 is 6.18 Å². The van der Waals surface area contributed by atoms with Gasteiger partial charge in [-0.3, -0.25) is 4.79 Å². The van der Waals surface area contributed by atoms with Gasteiger partial charge in [-0.05, 0) is 0 Å². The van der Waals surface area contributed by atoms with Crippen LogP contribution in [0.5, 0.6) is 5.75 Å². The van der Waals surface area contributed by atoms with Crippen LogP contribution in [0.25, 0.3) is 0 Å². The number of hydrogen-bond acceptors (Lipinski definition) is 3. The van der Waals surface area contributed by atoms with E-state index >= 15 is 0 Å². The molecule has 4 nitrogen and oxygen atoms in total. The summed E-state index contributed by atoms with van der Waals surface area (Å²) in [6.45, 7) is -1.50. The summed E-state index contributed by atoms with van der Waals surface area (Å²) in [5.41, 5.74) is -0.737. The smallest absolute Gasteiger partial charge is 0.422 e. The summed E-state index contributed by atoms with van der Waals surface area (Å²) in [5.74, 6) is -0.445. The highest BCUT2D eigenvalue weighted by atomic mass is 19.4. The summed E-state index contributed by atoms with van der Waals surface area (Å²) in [6, 6.07) is 0. The number of hydrogen-bond donors (Lipinski definition) is 1. The molecule has 0 saturated heterocycles. The van der Waals surface area contributed by atoms with E-state index in [-0.39, 0.29) is 0 Å². The zero-order chi connectivity index (χ0) is 9.90. The Morgan fingerprint density at radius 3 is 2.77 bits per heavy atom. The molecule has 1 rings (SSSR count). The van der Waals surface area contributed by atoms with Gasteiger partial charge in [0.2, 0.25) is 5.75 Å². The molecule has 0 fully saturated rings. The van der Waals surface area contributed by atoms with Crippen molar-refractivity contribution in [1.29, 1.82) is 0 Å². The molecule has 0 aliphatic carbocycles. The molecule has 0 radical (unpaired) electrons. The Morgan fingerprint density at radius 1 is 1.54 bits per heavy atom. The van der Waals surface area contributed by atoms with Crippen molar-refractivity contribution in [2.75, 3.05) is 6.61 Å². The number of ether oxygens (including phenoxy) is 1. The number of nitrogens with zero attached hydrogens (tertiary/aromatic N) is 1. The number of nitrogens with one attached hydrogen (secondary N) is 1. The lowest BCUT2D eigenvalue weighted by Gasteiger charge is -2.06. The second kappa shape index (κ2) is 3.46. The van der Waals surface area contributed by atoms with Crippen molar-refractivity contribution in [2.45, 2.75) is 6.18 Å². The van der Waals surface area contributed by atoms with Crippen LogP contribution >= 0.6 is 0 Å². The van der Waals surface area contributed by atoms with Gasteiger partial charge in [-0.25, -0.2) is 4.98 Å². The van der Waals surface area contributed by atoms with Gasteiger partial charge in [-0.15, -0.1) is 0 Å². The highest BCUT2D eigenvalue weighted by molar-refractivity contribution is 5.10. The molecule has 0 bridgehead atoms. The Hall–Kier alpha value is -1.53. The predicted octanol–water partition coefficient (Wildman–Crippen LogP) is 0.711. The second-order valence-electron chi connectivity index (χ2n) is 2.15. The van der Waals surface area contributed by atoms with Crippen LogP contribution in [0.1, 0.15) is 0 Å². The molecule has 1 aromatic heterocycles. The fourth-order valence-electron chi connectivity index (χ4n) is 0.593. The van der Waals surface area contributed by atoms with Gasteiger partial charge in [0.15, 0.2) is 6.61 Å². The first kappa shape index (κ1) is 9.56. The van der Waals surface area contributed by atoms with Crippen molar-refractivity contribution in [3.8, 4) is 5.75 Å². The molecule has 72 valence electrons. The normalized spacial score (nSPS) is 11.3. The maximum Gasteiger partial charge on any atom is 0.422 e. The Kier molecular flexibility index (Phi) is 2.54. The highest BCUT2D eigenvalue weighted by Gasteiger charge is 2.28. The van der Waals surface area contributed by atoms with Crippen LogP contribution in [0, 0.1) is 0 Å². The van der Waals surface area contributed by atoms with E-state index in [2.05, 4.69) is 14.7 Å². The molecule has 0 saturated carbocycles. The minimum Gasteiger partial charge on any atom is -0.477 e. The number of alkyl halides is 3. The zero-order valence-corrected chi connectivity index (χ0v) is 6.26. The molecule has 0 amide bonds. The molecule has 0 aliphatic heterocycles. The fourth-order valence-corrected chi connectivity index (χ4v) is 0.593.